The Hall–Kier alpha value is -0.120. The highest BCUT2D eigenvalue weighted by atomic mass is 16.5. The van der Waals surface area contributed by atoms with E-state index < -0.39 is 0 Å². The van der Waals surface area contributed by atoms with Crippen molar-refractivity contribution in [2.24, 2.45) is 0 Å². The van der Waals surface area contributed by atoms with Gasteiger partial charge in [-0.15, -0.1) is 0 Å². The lowest BCUT2D eigenvalue weighted by molar-refractivity contribution is 0.0116. The molecule has 1 fully saturated rings. The van der Waals surface area contributed by atoms with E-state index >= 15 is 0 Å². The van der Waals surface area contributed by atoms with Gasteiger partial charge in [-0.3, -0.25) is 0 Å². The Morgan fingerprint density at radius 3 is 2.80 bits per heavy atom. The van der Waals surface area contributed by atoms with Crippen LogP contribution in [0.4, 0.5) is 0 Å². The van der Waals surface area contributed by atoms with Crippen LogP contribution < -0.4 is 5.32 Å². The number of hydrogen-bond donors (Lipinski definition) is 1. The molecule has 1 atom stereocenters. The Bertz CT molecular complexity index is 145. The average Bonchev–Trinajstić information content (AvgIpc) is 2.24. The minimum atomic E-state index is 0.528. The lowest BCUT2D eigenvalue weighted by atomic mass is 10.1. The molecule has 0 aliphatic carbocycles. The monoisotopic (exact) mass is 214 g/mol. The Balaban J connectivity index is 1.83. The molecule has 1 unspecified atom stereocenters. The summed E-state index contributed by atoms with van der Waals surface area (Å²) in [7, 11) is 4.24. The van der Waals surface area contributed by atoms with Crippen molar-refractivity contribution in [3.63, 3.8) is 0 Å². The molecule has 0 amide bonds. The fraction of sp³-hybridized carbons (Fsp3) is 1.00. The summed E-state index contributed by atoms with van der Waals surface area (Å²) in [5.74, 6) is 0. The van der Waals surface area contributed by atoms with Gasteiger partial charge in [0.15, 0.2) is 0 Å². The van der Waals surface area contributed by atoms with E-state index in [2.05, 4.69) is 24.3 Å². The molecule has 0 saturated carbocycles. The van der Waals surface area contributed by atoms with E-state index in [1.807, 2.05) is 0 Å². The average molecular weight is 214 g/mol. The summed E-state index contributed by atoms with van der Waals surface area (Å²) in [6, 6.07) is 0. The van der Waals surface area contributed by atoms with Crippen LogP contribution in [-0.2, 0) is 4.74 Å². The predicted octanol–water partition coefficient (Wildman–Crippen LogP) is 1.49. The van der Waals surface area contributed by atoms with Crippen LogP contribution in [0.3, 0.4) is 0 Å². The highest BCUT2D eigenvalue weighted by Gasteiger charge is 2.12. The molecule has 0 spiro atoms. The van der Waals surface area contributed by atoms with Gasteiger partial charge in [-0.2, -0.15) is 0 Å². The molecule has 1 saturated heterocycles. The van der Waals surface area contributed by atoms with Crippen LogP contribution >= 0.6 is 0 Å². The quantitative estimate of drug-likeness (QED) is 0.650. The highest BCUT2D eigenvalue weighted by molar-refractivity contribution is 4.65. The molecule has 1 aliphatic rings. The molecule has 0 bridgehead atoms. The van der Waals surface area contributed by atoms with Gasteiger partial charge in [-0.25, -0.2) is 0 Å². The maximum atomic E-state index is 5.67. The molecule has 90 valence electrons. The molecule has 3 nitrogen and oxygen atoms in total. The van der Waals surface area contributed by atoms with Gasteiger partial charge >= 0.3 is 0 Å². The molecule has 1 N–H and O–H groups in total. The normalized spacial score (nSPS) is 22.2. The van der Waals surface area contributed by atoms with Crippen molar-refractivity contribution in [1.29, 1.82) is 0 Å². The first-order valence-electron chi connectivity index (χ1n) is 6.26. The summed E-state index contributed by atoms with van der Waals surface area (Å²) in [5, 5.41) is 3.48. The van der Waals surface area contributed by atoms with Crippen molar-refractivity contribution in [2.45, 2.75) is 38.2 Å². The van der Waals surface area contributed by atoms with Gasteiger partial charge in [0.25, 0.3) is 0 Å². The van der Waals surface area contributed by atoms with E-state index in [0.717, 1.165) is 19.7 Å². The standard InChI is InChI=1S/C12H26N2O/c1-14(2)10-5-8-13-9-7-12-6-3-4-11-15-12/h12-13H,3-11H2,1-2H3. The van der Waals surface area contributed by atoms with Crippen molar-refractivity contribution in [1.82, 2.24) is 10.2 Å². The van der Waals surface area contributed by atoms with E-state index in [4.69, 9.17) is 4.74 Å². The van der Waals surface area contributed by atoms with Crippen molar-refractivity contribution < 1.29 is 4.74 Å². The third-order valence-electron chi connectivity index (χ3n) is 2.88. The fourth-order valence-corrected chi connectivity index (χ4v) is 1.94. The Labute approximate surface area is 94.2 Å². The number of nitrogens with one attached hydrogen (secondary N) is 1. The van der Waals surface area contributed by atoms with Gasteiger partial charge in [-0.05, 0) is 65.8 Å². The summed E-state index contributed by atoms with van der Waals surface area (Å²) in [6.07, 6.45) is 6.82. The minimum absolute atomic E-state index is 0.528. The zero-order valence-electron chi connectivity index (χ0n) is 10.3. The van der Waals surface area contributed by atoms with Crippen LogP contribution in [-0.4, -0.2) is 51.3 Å². The zero-order valence-corrected chi connectivity index (χ0v) is 10.3. The van der Waals surface area contributed by atoms with Crippen LogP contribution in [0.5, 0.6) is 0 Å². The van der Waals surface area contributed by atoms with Crippen LogP contribution in [0.15, 0.2) is 0 Å². The van der Waals surface area contributed by atoms with Crippen molar-refractivity contribution >= 4 is 0 Å². The maximum Gasteiger partial charge on any atom is 0.0587 e. The molecule has 0 aromatic carbocycles. The first kappa shape index (κ1) is 12.9. The Morgan fingerprint density at radius 1 is 1.27 bits per heavy atom. The second-order valence-electron chi connectivity index (χ2n) is 4.68. The van der Waals surface area contributed by atoms with E-state index in [1.54, 1.807) is 0 Å². The van der Waals surface area contributed by atoms with Gasteiger partial charge in [-0.1, -0.05) is 0 Å². The van der Waals surface area contributed by atoms with E-state index in [1.165, 1.54) is 38.6 Å². The summed E-state index contributed by atoms with van der Waals surface area (Å²) in [6.45, 7) is 4.39. The molecule has 0 radical (unpaired) electrons. The van der Waals surface area contributed by atoms with Gasteiger partial charge in [0.1, 0.15) is 0 Å². The van der Waals surface area contributed by atoms with Gasteiger partial charge in [0.05, 0.1) is 6.10 Å². The lowest BCUT2D eigenvalue weighted by Crippen LogP contribution is -2.27. The van der Waals surface area contributed by atoms with E-state index in [0.29, 0.717) is 6.10 Å². The number of ether oxygens (including phenoxy) is 1. The predicted molar refractivity (Wildman–Crippen MR) is 64.2 cm³/mol. The summed E-state index contributed by atoms with van der Waals surface area (Å²) in [4.78, 5) is 2.23. The summed E-state index contributed by atoms with van der Waals surface area (Å²) in [5.41, 5.74) is 0. The molecule has 15 heavy (non-hydrogen) atoms. The highest BCUT2D eigenvalue weighted by Crippen LogP contribution is 2.14. The van der Waals surface area contributed by atoms with Gasteiger partial charge < -0.3 is 15.0 Å². The molecule has 3 heteroatoms. The van der Waals surface area contributed by atoms with Gasteiger partial charge in [0, 0.05) is 6.61 Å². The SMILES string of the molecule is CN(C)CCCNCCC1CCCCO1. The van der Waals surface area contributed by atoms with Crippen molar-refractivity contribution in [3.8, 4) is 0 Å². The van der Waals surface area contributed by atoms with Crippen LogP contribution in [0.1, 0.15) is 32.1 Å². The molecule has 0 aromatic rings. The molecule has 0 aromatic heterocycles. The smallest absolute Gasteiger partial charge is 0.0587 e. The van der Waals surface area contributed by atoms with Crippen molar-refractivity contribution in [3.05, 3.63) is 0 Å². The molecular formula is C12H26N2O. The van der Waals surface area contributed by atoms with Crippen molar-refractivity contribution in [2.75, 3.05) is 40.3 Å². The lowest BCUT2D eigenvalue weighted by Gasteiger charge is -2.22. The van der Waals surface area contributed by atoms with E-state index in [9.17, 15) is 0 Å². The molecule has 1 rings (SSSR count). The zero-order chi connectivity index (χ0) is 10.9. The molecular weight excluding hydrogens is 188 g/mol. The first-order valence-corrected chi connectivity index (χ1v) is 6.26. The van der Waals surface area contributed by atoms with Gasteiger partial charge in [0.2, 0.25) is 0 Å². The third kappa shape index (κ3) is 6.88. The van der Waals surface area contributed by atoms with E-state index in [-0.39, 0.29) is 0 Å². The first-order chi connectivity index (χ1) is 7.29. The second-order valence-corrected chi connectivity index (χ2v) is 4.68. The fourth-order valence-electron chi connectivity index (χ4n) is 1.94. The number of hydrogen-bond acceptors (Lipinski definition) is 3. The van der Waals surface area contributed by atoms with Crippen LogP contribution in [0.2, 0.25) is 0 Å². The molecule has 1 aliphatic heterocycles. The Kier molecular flexibility index (Phi) is 6.98. The topological polar surface area (TPSA) is 24.5 Å². The largest absolute Gasteiger partial charge is 0.378 e. The summed E-state index contributed by atoms with van der Waals surface area (Å²) < 4.78 is 5.67. The minimum Gasteiger partial charge on any atom is -0.378 e. The number of rotatable bonds is 7. The third-order valence-corrected chi connectivity index (χ3v) is 2.88. The number of nitrogens with zero attached hydrogens (tertiary/aromatic N) is 1. The summed E-state index contributed by atoms with van der Waals surface area (Å²) >= 11 is 0. The van der Waals surface area contributed by atoms with Crippen LogP contribution in [0.25, 0.3) is 0 Å². The molecule has 1 heterocycles. The second kappa shape index (κ2) is 8.08. The maximum absolute atomic E-state index is 5.67. The van der Waals surface area contributed by atoms with Crippen LogP contribution in [0, 0.1) is 0 Å². The Morgan fingerprint density at radius 2 is 2.13 bits per heavy atom.